The molecule has 20 heavy (non-hydrogen) atoms. The SMILES string of the molecule is CC(C)(C)NCC1CCCCC1Cc1ccncc1Cl. The van der Waals surface area contributed by atoms with E-state index in [2.05, 4.69) is 37.1 Å². The van der Waals surface area contributed by atoms with Gasteiger partial charge >= 0.3 is 0 Å². The largest absolute Gasteiger partial charge is 0.312 e. The van der Waals surface area contributed by atoms with Crippen molar-refractivity contribution < 1.29 is 0 Å². The monoisotopic (exact) mass is 294 g/mol. The lowest BCUT2D eigenvalue weighted by Crippen LogP contribution is -2.41. The van der Waals surface area contributed by atoms with Crippen molar-refractivity contribution in [3.05, 3.63) is 29.0 Å². The van der Waals surface area contributed by atoms with Crippen LogP contribution in [0, 0.1) is 11.8 Å². The minimum absolute atomic E-state index is 0.205. The highest BCUT2D eigenvalue weighted by Gasteiger charge is 2.26. The summed E-state index contributed by atoms with van der Waals surface area (Å²) in [6, 6.07) is 2.07. The summed E-state index contributed by atoms with van der Waals surface area (Å²) in [5, 5.41) is 4.50. The zero-order valence-corrected chi connectivity index (χ0v) is 13.7. The van der Waals surface area contributed by atoms with Gasteiger partial charge in [-0.2, -0.15) is 0 Å². The van der Waals surface area contributed by atoms with Crippen molar-refractivity contribution in [1.82, 2.24) is 10.3 Å². The minimum atomic E-state index is 0.205. The average molecular weight is 295 g/mol. The van der Waals surface area contributed by atoms with Crippen molar-refractivity contribution in [2.75, 3.05) is 6.54 Å². The summed E-state index contributed by atoms with van der Waals surface area (Å²) >= 11 is 6.26. The van der Waals surface area contributed by atoms with E-state index in [4.69, 9.17) is 11.6 Å². The lowest BCUT2D eigenvalue weighted by molar-refractivity contribution is 0.213. The Morgan fingerprint density at radius 2 is 1.95 bits per heavy atom. The van der Waals surface area contributed by atoms with Gasteiger partial charge in [0, 0.05) is 17.9 Å². The average Bonchev–Trinajstić information content (AvgIpc) is 2.39. The zero-order valence-electron chi connectivity index (χ0n) is 13.0. The number of nitrogens with zero attached hydrogens (tertiary/aromatic N) is 1. The molecule has 1 fully saturated rings. The van der Waals surface area contributed by atoms with Crippen molar-refractivity contribution in [1.29, 1.82) is 0 Å². The number of rotatable bonds is 4. The Bertz CT molecular complexity index is 425. The fraction of sp³-hybridized carbons (Fsp3) is 0.706. The molecular formula is C17H27ClN2. The van der Waals surface area contributed by atoms with E-state index >= 15 is 0 Å². The summed E-state index contributed by atoms with van der Waals surface area (Å²) in [6.07, 6.45) is 10.1. The molecule has 0 bridgehead atoms. The summed E-state index contributed by atoms with van der Waals surface area (Å²) < 4.78 is 0. The first-order valence-corrected chi connectivity index (χ1v) is 8.17. The van der Waals surface area contributed by atoms with Crippen LogP contribution < -0.4 is 5.32 Å². The molecule has 1 aromatic heterocycles. The maximum Gasteiger partial charge on any atom is 0.0621 e. The third-order valence-electron chi connectivity index (χ3n) is 4.30. The first kappa shape index (κ1) is 15.8. The minimum Gasteiger partial charge on any atom is -0.312 e. The van der Waals surface area contributed by atoms with Gasteiger partial charge in [-0.25, -0.2) is 0 Å². The molecule has 1 aliphatic rings. The molecule has 0 aliphatic heterocycles. The van der Waals surface area contributed by atoms with Crippen molar-refractivity contribution in [3.8, 4) is 0 Å². The van der Waals surface area contributed by atoms with Crippen LogP contribution in [0.25, 0.3) is 0 Å². The molecule has 2 rings (SSSR count). The molecule has 1 saturated carbocycles. The number of hydrogen-bond donors (Lipinski definition) is 1. The molecule has 3 heteroatoms. The normalized spacial score (nSPS) is 23.8. The van der Waals surface area contributed by atoms with E-state index in [1.54, 1.807) is 6.20 Å². The maximum absolute atomic E-state index is 6.26. The fourth-order valence-corrected chi connectivity index (χ4v) is 3.31. The zero-order chi connectivity index (χ0) is 14.6. The Kier molecular flexibility index (Phi) is 5.45. The molecule has 2 nitrogen and oxygen atoms in total. The van der Waals surface area contributed by atoms with Gasteiger partial charge in [-0.05, 0) is 70.0 Å². The van der Waals surface area contributed by atoms with Gasteiger partial charge in [-0.3, -0.25) is 4.98 Å². The Balaban J connectivity index is 1.98. The van der Waals surface area contributed by atoms with Crippen LogP contribution in [0.2, 0.25) is 5.02 Å². The Morgan fingerprint density at radius 1 is 1.25 bits per heavy atom. The van der Waals surface area contributed by atoms with Crippen molar-refractivity contribution >= 4 is 11.6 Å². The molecule has 0 spiro atoms. The molecular weight excluding hydrogens is 268 g/mol. The van der Waals surface area contributed by atoms with Gasteiger partial charge in [0.2, 0.25) is 0 Å². The van der Waals surface area contributed by atoms with Gasteiger partial charge < -0.3 is 5.32 Å². The smallest absolute Gasteiger partial charge is 0.0621 e. The lowest BCUT2D eigenvalue weighted by atomic mass is 9.76. The first-order chi connectivity index (χ1) is 9.46. The van der Waals surface area contributed by atoms with Crippen LogP contribution in [0.15, 0.2) is 18.5 Å². The summed E-state index contributed by atoms with van der Waals surface area (Å²) in [6.45, 7) is 7.84. The number of pyridine rings is 1. The second-order valence-corrected chi connectivity index (χ2v) is 7.51. The molecule has 1 heterocycles. The second kappa shape index (κ2) is 6.91. The number of nitrogens with one attached hydrogen (secondary N) is 1. The van der Waals surface area contributed by atoms with Gasteiger partial charge in [0.05, 0.1) is 5.02 Å². The standard InChI is InChI=1S/C17H27ClN2/c1-17(2,3)20-11-15-7-5-4-6-13(15)10-14-8-9-19-12-16(14)18/h8-9,12-13,15,20H,4-7,10-11H2,1-3H3. The van der Waals surface area contributed by atoms with E-state index in [1.807, 2.05) is 6.20 Å². The summed E-state index contributed by atoms with van der Waals surface area (Å²) in [7, 11) is 0. The molecule has 1 aromatic rings. The molecule has 2 unspecified atom stereocenters. The Labute approximate surface area is 128 Å². The summed E-state index contributed by atoms with van der Waals surface area (Å²) in [4.78, 5) is 4.08. The van der Waals surface area contributed by atoms with E-state index in [0.29, 0.717) is 0 Å². The number of halogens is 1. The molecule has 112 valence electrons. The van der Waals surface area contributed by atoms with Crippen LogP contribution in [-0.4, -0.2) is 17.1 Å². The first-order valence-electron chi connectivity index (χ1n) is 7.79. The van der Waals surface area contributed by atoms with Crippen LogP contribution in [-0.2, 0) is 6.42 Å². The van der Waals surface area contributed by atoms with Gasteiger partial charge in [-0.15, -0.1) is 0 Å². The van der Waals surface area contributed by atoms with E-state index in [-0.39, 0.29) is 5.54 Å². The quantitative estimate of drug-likeness (QED) is 0.886. The van der Waals surface area contributed by atoms with Crippen molar-refractivity contribution in [2.24, 2.45) is 11.8 Å². The molecule has 2 atom stereocenters. The van der Waals surface area contributed by atoms with Gasteiger partial charge in [0.1, 0.15) is 0 Å². The molecule has 0 radical (unpaired) electrons. The Hall–Kier alpha value is -0.600. The molecule has 1 aliphatic carbocycles. The third-order valence-corrected chi connectivity index (χ3v) is 4.64. The Morgan fingerprint density at radius 3 is 2.60 bits per heavy atom. The van der Waals surface area contributed by atoms with E-state index in [1.165, 1.54) is 31.2 Å². The van der Waals surface area contributed by atoms with Crippen LogP contribution in [0.4, 0.5) is 0 Å². The van der Waals surface area contributed by atoms with Crippen LogP contribution in [0.1, 0.15) is 52.0 Å². The van der Waals surface area contributed by atoms with Crippen LogP contribution in [0.3, 0.4) is 0 Å². The highest BCUT2D eigenvalue weighted by atomic mass is 35.5. The highest BCUT2D eigenvalue weighted by molar-refractivity contribution is 6.31. The number of hydrogen-bond acceptors (Lipinski definition) is 2. The fourth-order valence-electron chi connectivity index (χ4n) is 3.11. The van der Waals surface area contributed by atoms with E-state index < -0.39 is 0 Å². The number of aromatic nitrogens is 1. The molecule has 0 saturated heterocycles. The van der Waals surface area contributed by atoms with Gasteiger partial charge in [0.25, 0.3) is 0 Å². The van der Waals surface area contributed by atoms with Gasteiger partial charge in [-0.1, -0.05) is 24.4 Å². The van der Waals surface area contributed by atoms with Crippen LogP contribution in [0.5, 0.6) is 0 Å². The highest BCUT2D eigenvalue weighted by Crippen LogP contribution is 2.33. The topological polar surface area (TPSA) is 24.9 Å². The van der Waals surface area contributed by atoms with E-state index in [9.17, 15) is 0 Å². The van der Waals surface area contributed by atoms with Gasteiger partial charge in [0.15, 0.2) is 0 Å². The lowest BCUT2D eigenvalue weighted by Gasteiger charge is -2.34. The maximum atomic E-state index is 6.26. The van der Waals surface area contributed by atoms with Crippen LogP contribution >= 0.6 is 11.6 Å². The van der Waals surface area contributed by atoms with E-state index in [0.717, 1.165) is 29.8 Å². The molecule has 1 N–H and O–H groups in total. The van der Waals surface area contributed by atoms with Crippen molar-refractivity contribution in [2.45, 2.75) is 58.4 Å². The summed E-state index contributed by atoms with van der Waals surface area (Å²) in [5.41, 5.74) is 1.46. The third kappa shape index (κ3) is 4.75. The predicted octanol–water partition coefficient (Wildman–Crippen LogP) is 4.47. The molecule has 0 aromatic carbocycles. The van der Waals surface area contributed by atoms with Crippen molar-refractivity contribution in [3.63, 3.8) is 0 Å². The molecule has 0 amide bonds. The second-order valence-electron chi connectivity index (χ2n) is 7.11. The predicted molar refractivity (Wildman–Crippen MR) is 86.2 cm³/mol. The summed E-state index contributed by atoms with van der Waals surface area (Å²) in [5.74, 6) is 1.52.